The fourth-order valence-corrected chi connectivity index (χ4v) is 1.74. The zero-order valence-electron chi connectivity index (χ0n) is 7.84. The molecule has 0 aromatic heterocycles. The van der Waals surface area contributed by atoms with Crippen molar-refractivity contribution in [3.8, 4) is 0 Å². The van der Waals surface area contributed by atoms with Gasteiger partial charge >= 0.3 is 8.03 Å². The summed E-state index contributed by atoms with van der Waals surface area (Å²) in [7, 11) is -2.26. The normalized spacial score (nSPS) is 13.7. The molecule has 0 aliphatic rings. The zero-order chi connectivity index (χ0) is 10.4. The first-order chi connectivity index (χ1) is 6.74. The van der Waals surface area contributed by atoms with Gasteiger partial charge in [-0.15, -0.1) is 0 Å². The van der Waals surface area contributed by atoms with Crippen molar-refractivity contribution in [2.24, 2.45) is 0 Å². The summed E-state index contributed by atoms with van der Waals surface area (Å²) in [6, 6.07) is 9.74. The predicted molar refractivity (Wildman–Crippen MR) is 55.5 cm³/mol. The standard InChI is InChI=1S/C10H13O3P/c11-8-10(14(12)13)7-6-9-4-2-1-3-5-9/h1-5,10-11H,6-8H2/p+1. The Labute approximate surface area is 84.3 Å². The van der Waals surface area contributed by atoms with Crippen molar-refractivity contribution in [1.82, 2.24) is 0 Å². The Morgan fingerprint density at radius 2 is 1.93 bits per heavy atom. The lowest BCUT2D eigenvalue weighted by Crippen LogP contribution is -2.09. The lowest BCUT2D eigenvalue weighted by atomic mass is 10.1. The largest absolute Gasteiger partial charge is 0.511 e. The minimum absolute atomic E-state index is 0.224. The van der Waals surface area contributed by atoms with Crippen LogP contribution in [-0.4, -0.2) is 22.3 Å². The maximum atomic E-state index is 10.7. The van der Waals surface area contributed by atoms with Gasteiger partial charge in [0, 0.05) is 6.42 Å². The van der Waals surface area contributed by atoms with Crippen LogP contribution >= 0.6 is 8.03 Å². The van der Waals surface area contributed by atoms with Crippen LogP contribution in [-0.2, 0) is 11.0 Å². The maximum absolute atomic E-state index is 10.7. The molecule has 0 spiro atoms. The van der Waals surface area contributed by atoms with Gasteiger partial charge in [0.15, 0.2) is 0 Å². The molecule has 0 saturated heterocycles. The van der Waals surface area contributed by atoms with Crippen LogP contribution in [0.15, 0.2) is 30.3 Å². The summed E-state index contributed by atoms with van der Waals surface area (Å²) >= 11 is 0. The van der Waals surface area contributed by atoms with E-state index in [0.29, 0.717) is 6.42 Å². The molecular formula is C10H14O3P+. The molecule has 1 aromatic rings. The number of hydrogen-bond acceptors (Lipinski definition) is 2. The van der Waals surface area contributed by atoms with E-state index < -0.39 is 13.7 Å². The summed E-state index contributed by atoms with van der Waals surface area (Å²) in [5.74, 6) is 0. The Morgan fingerprint density at radius 1 is 1.29 bits per heavy atom. The minimum atomic E-state index is -2.26. The van der Waals surface area contributed by atoms with Crippen LogP contribution in [0.1, 0.15) is 12.0 Å². The molecule has 2 unspecified atom stereocenters. The highest BCUT2D eigenvalue weighted by Gasteiger charge is 2.27. The number of aliphatic hydroxyl groups excluding tert-OH is 1. The highest BCUT2D eigenvalue weighted by Crippen LogP contribution is 2.25. The first-order valence-corrected chi connectivity index (χ1v) is 5.82. The Kier molecular flexibility index (Phi) is 4.74. The van der Waals surface area contributed by atoms with Crippen molar-refractivity contribution < 1.29 is 14.6 Å². The molecule has 76 valence electrons. The van der Waals surface area contributed by atoms with Gasteiger partial charge in [0.25, 0.3) is 0 Å². The van der Waals surface area contributed by atoms with E-state index in [1.807, 2.05) is 30.3 Å². The van der Waals surface area contributed by atoms with Gasteiger partial charge in [-0.3, -0.25) is 0 Å². The van der Waals surface area contributed by atoms with E-state index in [9.17, 15) is 4.57 Å². The lowest BCUT2D eigenvalue weighted by Gasteiger charge is -2.01. The van der Waals surface area contributed by atoms with Crippen LogP contribution in [0.2, 0.25) is 0 Å². The topological polar surface area (TPSA) is 57.5 Å². The average molecular weight is 213 g/mol. The molecule has 0 aliphatic carbocycles. The molecular weight excluding hydrogens is 199 g/mol. The van der Waals surface area contributed by atoms with Crippen LogP contribution in [0.4, 0.5) is 0 Å². The SMILES string of the molecule is O=[P+](O)C(CO)CCc1ccccc1. The van der Waals surface area contributed by atoms with Crippen molar-refractivity contribution in [2.75, 3.05) is 6.61 Å². The van der Waals surface area contributed by atoms with Gasteiger partial charge < -0.3 is 5.11 Å². The van der Waals surface area contributed by atoms with Gasteiger partial charge in [-0.05, 0) is 16.5 Å². The molecule has 14 heavy (non-hydrogen) atoms. The third-order valence-electron chi connectivity index (χ3n) is 2.13. The van der Waals surface area contributed by atoms with E-state index in [-0.39, 0.29) is 6.61 Å². The maximum Gasteiger partial charge on any atom is 0.511 e. The summed E-state index contributed by atoms with van der Waals surface area (Å²) in [6.07, 6.45) is 1.28. The Balaban J connectivity index is 2.44. The van der Waals surface area contributed by atoms with Crippen LogP contribution in [0.5, 0.6) is 0 Å². The third-order valence-corrected chi connectivity index (χ3v) is 3.18. The molecule has 2 N–H and O–H groups in total. The Morgan fingerprint density at radius 3 is 2.43 bits per heavy atom. The molecule has 0 aliphatic heterocycles. The van der Waals surface area contributed by atoms with Crippen molar-refractivity contribution in [2.45, 2.75) is 18.5 Å². The Bertz CT molecular complexity index is 287. The van der Waals surface area contributed by atoms with Crippen LogP contribution in [0.25, 0.3) is 0 Å². The molecule has 0 radical (unpaired) electrons. The zero-order valence-corrected chi connectivity index (χ0v) is 8.73. The summed E-state index contributed by atoms with van der Waals surface area (Å²) in [4.78, 5) is 8.84. The molecule has 4 heteroatoms. The van der Waals surface area contributed by atoms with Crippen LogP contribution < -0.4 is 0 Å². The summed E-state index contributed by atoms with van der Waals surface area (Å²) in [5.41, 5.74) is 0.632. The monoisotopic (exact) mass is 213 g/mol. The number of hydrogen-bond donors (Lipinski definition) is 2. The number of rotatable bonds is 5. The van der Waals surface area contributed by atoms with E-state index in [2.05, 4.69) is 0 Å². The van der Waals surface area contributed by atoms with Gasteiger partial charge in [0.1, 0.15) is 0 Å². The van der Waals surface area contributed by atoms with Crippen molar-refractivity contribution in [3.63, 3.8) is 0 Å². The lowest BCUT2D eigenvalue weighted by molar-refractivity contribution is 0.281. The first kappa shape index (κ1) is 11.3. The van der Waals surface area contributed by atoms with Gasteiger partial charge in [0.2, 0.25) is 5.66 Å². The highest BCUT2D eigenvalue weighted by molar-refractivity contribution is 7.38. The van der Waals surface area contributed by atoms with Gasteiger partial charge in [-0.25, -0.2) is 0 Å². The molecule has 1 aromatic carbocycles. The quantitative estimate of drug-likeness (QED) is 0.732. The van der Waals surface area contributed by atoms with Gasteiger partial charge in [-0.1, -0.05) is 30.3 Å². The fourth-order valence-electron chi connectivity index (χ4n) is 1.25. The van der Waals surface area contributed by atoms with E-state index in [1.165, 1.54) is 0 Å². The number of aliphatic hydroxyl groups is 1. The van der Waals surface area contributed by atoms with Crippen LogP contribution in [0, 0.1) is 0 Å². The Hall–Kier alpha value is -0.760. The molecule has 2 atom stereocenters. The van der Waals surface area contributed by atoms with E-state index in [0.717, 1.165) is 12.0 Å². The smallest absolute Gasteiger partial charge is 0.392 e. The molecule has 0 saturated carbocycles. The molecule has 0 amide bonds. The van der Waals surface area contributed by atoms with E-state index in [1.54, 1.807) is 0 Å². The van der Waals surface area contributed by atoms with E-state index >= 15 is 0 Å². The van der Waals surface area contributed by atoms with Gasteiger partial charge in [0.05, 0.1) is 6.61 Å². The molecule has 0 fully saturated rings. The average Bonchev–Trinajstić information content (AvgIpc) is 2.20. The number of aryl methyl sites for hydroxylation is 1. The summed E-state index contributed by atoms with van der Waals surface area (Å²) < 4.78 is 10.7. The second-order valence-electron chi connectivity index (χ2n) is 3.16. The highest BCUT2D eigenvalue weighted by atomic mass is 31.1. The third kappa shape index (κ3) is 3.54. The van der Waals surface area contributed by atoms with E-state index in [4.69, 9.17) is 10.00 Å². The van der Waals surface area contributed by atoms with Crippen molar-refractivity contribution in [3.05, 3.63) is 35.9 Å². The van der Waals surface area contributed by atoms with Crippen LogP contribution in [0.3, 0.4) is 0 Å². The molecule has 3 nitrogen and oxygen atoms in total. The molecule has 1 rings (SSSR count). The fraction of sp³-hybridized carbons (Fsp3) is 0.400. The second kappa shape index (κ2) is 5.86. The molecule has 0 bridgehead atoms. The minimum Gasteiger partial charge on any atom is -0.392 e. The predicted octanol–water partition coefficient (Wildman–Crippen LogP) is 1.71. The van der Waals surface area contributed by atoms with Crippen molar-refractivity contribution in [1.29, 1.82) is 0 Å². The number of benzene rings is 1. The molecule has 0 heterocycles. The van der Waals surface area contributed by atoms with Crippen molar-refractivity contribution >= 4 is 8.03 Å². The summed E-state index contributed by atoms with van der Waals surface area (Å²) in [6.45, 7) is -0.224. The second-order valence-corrected chi connectivity index (χ2v) is 4.50. The summed E-state index contributed by atoms with van der Waals surface area (Å²) in [5, 5.41) is 8.83. The first-order valence-electron chi connectivity index (χ1n) is 4.54. The van der Waals surface area contributed by atoms with Gasteiger partial charge in [-0.2, -0.15) is 4.89 Å².